The first-order chi connectivity index (χ1) is 12.2. The third-order valence-corrected chi connectivity index (χ3v) is 5.28. The van der Waals surface area contributed by atoms with Crippen molar-refractivity contribution in [3.8, 4) is 5.75 Å². The van der Waals surface area contributed by atoms with Gasteiger partial charge < -0.3 is 9.47 Å². The number of pyridine rings is 2. The van der Waals surface area contributed by atoms with E-state index in [1.54, 1.807) is 12.4 Å². The molecule has 0 aromatic carbocycles. The van der Waals surface area contributed by atoms with Gasteiger partial charge >= 0.3 is 0 Å². The van der Waals surface area contributed by atoms with Gasteiger partial charge in [-0.1, -0.05) is 6.07 Å². The van der Waals surface area contributed by atoms with Gasteiger partial charge in [-0.2, -0.15) is 0 Å². The van der Waals surface area contributed by atoms with Crippen LogP contribution in [-0.4, -0.2) is 46.8 Å². The molecule has 1 spiro atoms. The van der Waals surface area contributed by atoms with Crippen molar-refractivity contribution >= 4 is 0 Å². The highest BCUT2D eigenvalue weighted by molar-refractivity contribution is 5.15. The fraction of sp³-hybridized carbons (Fsp3) is 0.500. The lowest BCUT2D eigenvalue weighted by atomic mass is 9.79. The van der Waals surface area contributed by atoms with E-state index in [2.05, 4.69) is 27.0 Å². The molecule has 0 bridgehead atoms. The minimum atomic E-state index is 0.0299. The summed E-state index contributed by atoms with van der Waals surface area (Å²) in [5.74, 6) is 1.42. The maximum Gasteiger partial charge on any atom is 0.137 e. The van der Waals surface area contributed by atoms with Crippen molar-refractivity contribution in [2.45, 2.75) is 31.9 Å². The van der Waals surface area contributed by atoms with E-state index < -0.39 is 0 Å². The van der Waals surface area contributed by atoms with Crippen LogP contribution in [0.5, 0.6) is 5.75 Å². The standard InChI is InChI=1S/C20H25N3O2/c1-16-4-2-5-18(22-16)13-23-14-20(15-23)17(8-11-25-20)7-10-24-19-6-3-9-21-12-19/h2-6,9,12,17H,7-8,10-11,13-15H2,1H3/t17-/m0/s1. The van der Waals surface area contributed by atoms with E-state index in [1.807, 2.05) is 25.1 Å². The summed E-state index contributed by atoms with van der Waals surface area (Å²) in [6.45, 7) is 6.54. The molecule has 2 aromatic heterocycles. The van der Waals surface area contributed by atoms with Gasteiger partial charge in [0.2, 0.25) is 0 Å². The predicted molar refractivity (Wildman–Crippen MR) is 95.4 cm³/mol. The monoisotopic (exact) mass is 339 g/mol. The van der Waals surface area contributed by atoms with Gasteiger partial charge in [0.1, 0.15) is 5.75 Å². The van der Waals surface area contributed by atoms with Crippen LogP contribution in [0.25, 0.3) is 0 Å². The Labute approximate surface area is 149 Å². The van der Waals surface area contributed by atoms with E-state index in [4.69, 9.17) is 9.47 Å². The number of hydrogen-bond donors (Lipinski definition) is 0. The zero-order valence-electron chi connectivity index (χ0n) is 14.7. The van der Waals surface area contributed by atoms with Crippen LogP contribution in [0.4, 0.5) is 0 Å². The maximum atomic E-state index is 6.15. The average molecular weight is 339 g/mol. The largest absolute Gasteiger partial charge is 0.492 e. The predicted octanol–water partition coefficient (Wildman–Crippen LogP) is 2.85. The van der Waals surface area contributed by atoms with E-state index in [-0.39, 0.29) is 5.60 Å². The summed E-state index contributed by atoms with van der Waals surface area (Å²) in [7, 11) is 0. The number of rotatable bonds is 6. The number of likely N-dealkylation sites (tertiary alicyclic amines) is 1. The molecule has 2 fully saturated rings. The molecule has 0 aliphatic carbocycles. The van der Waals surface area contributed by atoms with Gasteiger partial charge in [-0.15, -0.1) is 0 Å². The average Bonchev–Trinajstić information content (AvgIpc) is 2.99. The van der Waals surface area contributed by atoms with Crippen molar-refractivity contribution in [2.75, 3.05) is 26.3 Å². The minimum absolute atomic E-state index is 0.0299. The molecule has 4 rings (SSSR count). The Balaban J connectivity index is 1.27. The molecule has 5 nitrogen and oxygen atoms in total. The molecule has 4 heterocycles. The number of hydrogen-bond acceptors (Lipinski definition) is 5. The van der Waals surface area contributed by atoms with Gasteiger partial charge in [0, 0.05) is 38.1 Å². The molecule has 25 heavy (non-hydrogen) atoms. The smallest absolute Gasteiger partial charge is 0.137 e. The summed E-state index contributed by atoms with van der Waals surface area (Å²) >= 11 is 0. The first kappa shape index (κ1) is 16.5. The van der Waals surface area contributed by atoms with E-state index in [9.17, 15) is 0 Å². The van der Waals surface area contributed by atoms with Crippen LogP contribution in [0.3, 0.4) is 0 Å². The topological polar surface area (TPSA) is 47.5 Å². The summed E-state index contributed by atoms with van der Waals surface area (Å²) in [6, 6.07) is 10.1. The van der Waals surface area contributed by atoms with Crippen molar-refractivity contribution in [1.82, 2.24) is 14.9 Å². The fourth-order valence-electron chi connectivity index (χ4n) is 4.03. The zero-order chi connectivity index (χ0) is 17.1. The Kier molecular flexibility index (Phi) is 4.68. The molecule has 1 atom stereocenters. The van der Waals surface area contributed by atoms with Crippen LogP contribution in [0, 0.1) is 12.8 Å². The second-order valence-electron chi connectivity index (χ2n) is 7.14. The van der Waals surface area contributed by atoms with Gasteiger partial charge in [0.15, 0.2) is 0 Å². The second-order valence-corrected chi connectivity index (χ2v) is 7.14. The molecule has 0 N–H and O–H groups in total. The van der Waals surface area contributed by atoms with E-state index in [1.165, 1.54) is 0 Å². The van der Waals surface area contributed by atoms with Crippen LogP contribution >= 0.6 is 0 Å². The Bertz CT molecular complexity index is 701. The summed E-state index contributed by atoms with van der Waals surface area (Å²) in [6.07, 6.45) is 5.69. The van der Waals surface area contributed by atoms with Crippen molar-refractivity contribution < 1.29 is 9.47 Å². The third kappa shape index (κ3) is 3.67. The van der Waals surface area contributed by atoms with Gasteiger partial charge in [0.05, 0.1) is 24.1 Å². The van der Waals surface area contributed by atoms with Crippen molar-refractivity contribution in [3.05, 3.63) is 54.1 Å². The summed E-state index contributed by atoms with van der Waals surface area (Å²) in [4.78, 5) is 11.1. The van der Waals surface area contributed by atoms with E-state index in [0.29, 0.717) is 5.92 Å². The number of nitrogens with zero attached hydrogens (tertiary/aromatic N) is 3. The summed E-state index contributed by atoms with van der Waals surface area (Å²) < 4.78 is 12.0. The lowest BCUT2D eigenvalue weighted by molar-refractivity contribution is -0.138. The van der Waals surface area contributed by atoms with Crippen LogP contribution in [0.1, 0.15) is 24.2 Å². The SMILES string of the molecule is Cc1cccc(CN2CC3(C2)OCC[C@@H]3CCOc2cccnc2)n1. The molecule has 0 unspecified atom stereocenters. The summed E-state index contributed by atoms with van der Waals surface area (Å²) in [5.41, 5.74) is 2.25. The zero-order valence-corrected chi connectivity index (χ0v) is 14.7. The Morgan fingerprint density at radius 2 is 2.20 bits per heavy atom. The Hall–Kier alpha value is -1.98. The Morgan fingerprint density at radius 1 is 1.28 bits per heavy atom. The fourth-order valence-corrected chi connectivity index (χ4v) is 4.03. The lowest BCUT2D eigenvalue weighted by Crippen LogP contribution is -2.64. The highest BCUT2D eigenvalue weighted by atomic mass is 16.5. The van der Waals surface area contributed by atoms with Gasteiger partial charge in [-0.25, -0.2) is 0 Å². The molecular formula is C20H25N3O2. The maximum absolute atomic E-state index is 6.15. The summed E-state index contributed by atoms with van der Waals surface area (Å²) in [5, 5.41) is 0. The van der Waals surface area contributed by atoms with Gasteiger partial charge in [-0.05, 0) is 49.9 Å². The lowest BCUT2D eigenvalue weighted by Gasteiger charge is -2.50. The number of aromatic nitrogens is 2. The van der Waals surface area contributed by atoms with E-state index in [0.717, 1.165) is 62.8 Å². The molecule has 132 valence electrons. The number of aryl methyl sites for hydroxylation is 1. The van der Waals surface area contributed by atoms with Crippen LogP contribution in [0.2, 0.25) is 0 Å². The van der Waals surface area contributed by atoms with Crippen LogP contribution < -0.4 is 4.74 Å². The Morgan fingerprint density at radius 3 is 3.00 bits per heavy atom. The highest BCUT2D eigenvalue weighted by Crippen LogP contribution is 2.42. The normalized spacial score (nSPS) is 22.0. The molecule has 0 radical (unpaired) electrons. The molecule has 2 aromatic rings. The first-order valence-electron chi connectivity index (χ1n) is 9.05. The molecule has 2 aliphatic rings. The quantitative estimate of drug-likeness (QED) is 0.810. The second kappa shape index (κ2) is 7.10. The van der Waals surface area contributed by atoms with E-state index >= 15 is 0 Å². The minimum Gasteiger partial charge on any atom is -0.492 e. The van der Waals surface area contributed by atoms with Crippen molar-refractivity contribution in [1.29, 1.82) is 0 Å². The number of ether oxygens (including phenoxy) is 2. The molecular weight excluding hydrogens is 314 g/mol. The van der Waals surface area contributed by atoms with Crippen LogP contribution in [-0.2, 0) is 11.3 Å². The molecule has 2 aliphatic heterocycles. The molecule has 5 heteroatoms. The molecule has 0 amide bonds. The third-order valence-electron chi connectivity index (χ3n) is 5.28. The van der Waals surface area contributed by atoms with Crippen molar-refractivity contribution in [2.24, 2.45) is 5.92 Å². The van der Waals surface area contributed by atoms with Gasteiger partial charge in [-0.3, -0.25) is 14.9 Å². The van der Waals surface area contributed by atoms with Gasteiger partial charge in [0.25, 0.3) is 0 Å². The first-order valence-corrected chi connectivity index (χ1v) is 9.05. The molecule has 0 saturated carbocycles. The highest BCUT2D eigenvalue weighted by Gasteiger charge is 2.52. The van der Waals surface area contributed by atoms with Crippen LogP contribution in [0.15, 0.2) is 42.7 Å². The van der Waals surface area contributed by atoms with Crippen molar-refractivity contribution in [3.63, 3.8) is 0 Å². The molecule has 2 saturated heterocycles.